The van der Waals surface area contributed by atoms with Gasteiger partial charge in [-0.1, -0.05) is 0 Å². The van der Waals surface area contributed by atoms with Crippen LogP contribution in [0.2, 0.25) is 0 Å². The number of aromatic amines is 1. The molecule has 86 valence electrons. The highest BCUT2D eigenvalue weighted by Crippen LogP contribution is 2.24. The van der Waals surface area contributed by atoms with Gasteiger partial charge in [0.2, 0.25) is 0 Å². The van der Waals surface area contributed by atoms with E-state index in [1.807, 2.05) is 12.4 Å². The van der Waals surface area contributed by atoms with E-state index in [0.717, 1.165) is 6.54 Å². The summed E-state index contributed by atoms with van der Waals surface area (Å²) in [6.07, 6.45) is 5.84. The Morgan fingerprint density at radius 3 is 2.94 bits per heavy atom. The predicted molar refractivity (Wildman–Crippen MR) is 71.0 cm³/mol. The number of aromatic nitrogens is 2. The van der Waals surface area contributed by atoms with Crippen LogP contribution < -0.4 is 0 Å². The Kier molecular flexibility index (Phi) is 2.34. The van der Waals surface area contributed by atoms with Crippen LogP contribution in [0.15, 0.2) is 36.8 Å². The Morgan fingerprint density at radius 1 is 1.24 bits per heavy atom. The predicted octanol–water partition coefficient (Wildman–Crippen LogP) is 2.78. The van der Waals surface area contributed by atoms with Crippen molar-refractivity contribution in [2.45, 2.75) is 6.54 Å². The second-order valence-electron chi connectivity index (χ2n) is 4.67. The fourth-order valence-electron chi connectivity index (χ4n) is 2.24. The number of pyridine rings is 1. The molecule has 3 aromatic rings. The highest BCUT2D eigenvalue weighted by Gasteiger charge is 2.06. The van der Waals surface area contributed by atoms with E-state index >= 15 is 0 Å². The molecule has 0 fully saturated rings. The minimum atomic E-state index is 0.955. The first-order valence-electron chi connectivity index (χ1n) is 5.72. The number of hydrogen-bond acceptors (Lipinski definition) is 2. The fourth-order valence-corrected chi connectivity index (χ4v) is 2.24. The van der Waals surface area contributed by atoms with Crippen LogP contribution in [0.5, 0.6) is 0 Å². The van der Waals surface area contributed by atoms with Crippen LogP contribution in [-0.2, 0) is 6.54 Å². The third-order valence-corrected chi connectivity index (χ3v) is 3.01. The molecule has 0 saturated heterocycles. The summed E-state index contributed by atoms with van der Waals surface area (Å²) < 4.78 is 0. The Morgan fingerprint density at radius 2 is 2.12 bits per heavy atom. The molecule has 1 aromatic carbocycles. The molecule has 0 spiro atoms. The lowest BCUT2D eigenvalue weighted by atomic mass is 10.1. The summed E-state index contributed by atoms with van der Waals surface area (Å²) in [5.74, 6) is 0. The van der Waals surface area contributed by atoms with Gasteiger partial charge in [0, 0.05) is 41.4 Å². The number of fused-ring (bicyclic) bond motifs is 2. The van der Waals surface area contributed by atoms with Gasteiger partial charge in [0.1, 0.15) is 0 Å². The summed E-state index contributed by atoms with van der Waals surface area (Å²) >= 11 is 0. The van der Waals surface area contributed by atoms with Gasteiger partial charge in [-0.25, -0.2) is 0 Å². The van der Waals surface area contributed by atoms with E-state index in [1.54, 1.807) is 0 Å². The third-order valence-electron chi connectivity index (χ3n) is 3.01. The molecule has 3 rings (SSSR count). The highest BCUT2D eigenvalue weighted by atomic mass is 15.0. The maximum absolute atomic E-state index is 4.15. The van der Waals surface area contributed by atoms with Crippen molar-refractivity contribution in [1.82, 2.24) is 14.9 Å². The van der Waals surface area contributed by atoms with Crippen molar-refractivity contribution < 1.29 is 0 Å². The Hall–Kier alpha value is -1.87. The minimum Gasteiger partial charge on any atom is -0.361 e. The zero-order valence-corrected chi connectivity index (χ0v) is 10.1. The topological polar surface area (TPSA) is 31.9 Å². The second kappa shape index (κ2) is 3.86. The van der Waals surface area contributed by atoms with Gasteiger partial charge in [-0.3, -0.25) is 4.98 Å². The maximum atomic E-state index is 4.15. The van der Waals surface area contributed by atoms with E-state index in [9.17, 15) is 0 Å². The van der Waals surface area contributed by atoms with Crippen LogP contribution in [0.25, 0.3) is 21.7 Å². The van der Waals surface area contributed by atoms with Crippen LogP contribution >= 0.6 is 0 Å². The number of H-pyrrole nitrogens is 1. The number of nitrogens with zero attached hydrogens (tertiary/aromatic N) is 2. The Bertz CT molecular complexity index is 667. The summed E-state index contributed by atoms with van der Waals surface area (Å²) in [6, 6.07) is 6.46. The summed E-state index contributed by atoms with van der Waals surface area (Å²) in [5.41, 5.74) is 2.52. The van der Waals surface area contributed by atoms with Gasteiger partial charge in [-0.05, 0) is 43.2 Å². The van der Waals surface area contributed by atoms with Gasteiger partial charge in [0.15, 0.2) is 0 Å². The molecular formula is C14H15N3. The molecule has 2 aromatic heterocycles. The standard InChI is InChI=1S/C14H15N3/c1-17(2)9-12-8-16-14-6-11-7-15-4-3-10(11)5-13(12)14/h3-8,16H,9H2,1-2H3. The summed E-state index contributed by atoms with van der Waals surface area (Å²) in [7, 11) is 4.17. The molecule has 3 nitrogen and oxygen atoms in total. The van der Waals surface area contributed by atoms with Gasteiger partial charge in [-0.2, -0.15) is 0 Å². The van der Waals surface area contributed by atoms with Crippen molar-refractivity contribution in [1.29, 1.82) is 0 Å². The lowest BCUT2D eigenvalue weighted by Crippen LogP contribution is -2.09. The average molecular weight is 225 g/mol. The van der Waals surface area contributed by atoms with Crippen LogP contribution in [0, 0.1) is 0 Å². The van der Waals surface area contributed by atoms with Crippen molar-refractivity contribution in [3.63, 3.8) is 0 Å². The molecule has 0 atom stereocenters. The summed E-state index contributed by atoms with van der Waals surface area (Å²) in [4.78, 5) is 9.66. The molecule has 0 saturated carbocycles. The molecule has 0 aliphatic carbocycles. The van der Waals surface area contributed by atoms with Crippen LogP contribution in [0.4, 0.5) is 0 Å². The van der Waals surface area contributed by atoms with Crippen LogP contribution in [0.1, 0.15) is 5.56 Å². The lowest BCUT2D eigenvalue weighted by Gasteiger charge is -2.08. The molecule has 0 bridgehead atoms. The third kappa shape index (κ3) is 1.78. The van der Waals surface area contributed by atoms with E-state index < -0.39 is 0 Å². The largest absolute Gasteiger partial charge is 0.361 e. The van der Waals surface area contributed by atoms with Crippen molar-refractivity contribution in [3.05, 3.63) is 42.4 Å². The molecule has 3 heteroatoms. The first-order valence-corrected chi connectivity index (χ1v) is 5.72. The van der Waals surface area contributed by atoms with Gasteiger partial charge in [0.05, 0.1) is 0 Å². The number of hydrogen-bond donors (Lipinski definition) is 1. The quantitative estimate of drug-likeness (QED) is 0.727. The second-order valence-corrected chi connectivity index (χ2v) is 4.67. The normalized spacial score (nSPS) is 11.7. The van der Waals surface area contributed by atoms with E-state index in [4.69, 9.17) is 0 Å². The average Bonchev–Trinajstić information content (AvgIpc) is 2.68. The van der Waals surface area contributed by atoms with Gasteiger partial charge in [-0.15, -0.1) is 0 Å². The van der Waals surface area contributed by atoms with E-state index in [0.29, 0.717) is 0 Å². The first kappa shape index (κ1) is 10.3. The molecule has 0 amide bonds. The Labute approximate surface area is 100 Å². The minimum absolute atomic E-state index is 0.955. The van der Waals surface area contributed by atoms with Crippen LogP contribution in [-0.4, -0.2) is 29.0 Å². The van der Waals surface area contributed by atoms with E-state index in [1.165, 1.54) is 27.2 Å². The lowest BCUT2D eigenvalue weighted by molar-refractivity contribution is 0.404. The fraction of sp³-hybridized carbons (Fsp3) is 0.214. The SMILES string of the molecule is CN(C)Cc1c[nH]c2cc3cnccc3cc12. The molecule has 0 aliphatic rings. The number of nitrogens with one attached hydrogen (secondary N) is 1. The van der Waals surface area contributed by atoms with Crippen molar-refractivity contribution in [2.24, 2.45) is 0 Å². The van der Waals surface area contributed by atoms with Crippen molar-refractivity contribution >= 4 is 21.7 Å². The molecule has 0 unspecified atom stereocenters. The Balaban J connectivity index is 2.24. The van der Waals surface area contributed by atoms with E-state index in [-0.39, 0.29) is 0 Å². The van der Waals surface area contributed by atoms with Crippen LogP contribution in [0.3, 0.4) is 0 Å². The molecule has 1 N–H and O–H groups in total. The molecule has 17 heavy (non-hydrogen) atoms. The maximum Gasteiger partial charge on any atom is 0.0464 e. The molecule has 0 radical (unpaired) electrons. The summed E-state index contributed by atoms with van der Waals surface area (Å²) in [6.45, 7) is 0.955. The van der Waals surface area contributed by atoms with Gasteiger partial charge in [0.25, 0.3) is 0 Å². The zero-order chi connectivity index (χ0) is 11.8. The first-order chi connectivity index (χ1) is 8.24. The van der Waals surface area contributed by atoms with Gasteiger partial charge < -0.3 is 9.88 Å². The molecular weight excluding hydrogens is 210 g/mol. The number of rotatable bonds is 2. The number of benzene rings is 1. The van der Waals surface area contributed by atoms with Gasteiger partial charge >= 0.3 is 0 Å². The summed E-state index contributed by atoms with van der Waals surface area (Å²) in [5, 5.41) is 3.72. The van der Waals surface area contributed by atoms with Crippen molar-refractivity contribution in [2.75, 3.05) is 14.1 Å². The van der Waals surface area contributed by atoms with E-state index in [2.05, 4.69) is 53.4 Å². The zero-order valence-electron chi connectivity index (χ0n) is 10.1. The van der Waals surface area contributed by atoms with Crippen molar-refractivity contribution in [3.8, 4) is 0 Å². The monoisotopic (exact) mass is 225 g/mol. The highest BCUT2D eigenvalue weighted by molar-refractivity contribution is 5.97. The molecule has 0 aliphatic heterocycles. The smallest absolute Gasteiger partial charge is 0.0464 e. The molecule has 2 heterocycles.